The molecule has 0 aliphatic heterocycles. The summed E-state index contributed by atoms with van der Waals surface area (Å²) in [6.45, 7) is 0. The first-order valence-corrected chi connectivity index (χ1v) is 9.17. The SMILES string of the molecule is COc1ccc(-c2cc(C(F)(F)C(F)(F)C(F)(F)C(F)(F)C(F)(F)C(F)(F)C(F)(F)C(F)(F)F)[nH]n2)cc1. The third kappa shape index (κ3) is 4.09. The van der Waals surface area contributed by atoms with Crippen molar-refractivity contribution >= 4 is 0 Å². The van der Waals surface area contributed by atoms with E-state index in [0.717, 1.165) is 29.4 Å². The maximum Gasteiger partial charge on any atom is 0.460 e. The largest absolute Gasteiger partial charge is 0.497 e. The molecule has 0 bridgehead atoms. The van der Waals surface area contributed by atoms with Crippen molar-refractivity contribution in [3.8, 4) is 17.0 Å². The van der Waals surface area contributed by atoms with E-state index in [9.17, 15) is 74.6 Å². The number of rotatable bonds is 9. The number of aromatic nitrogens is 2. The number of aromatic amines is 1. The normalized spacial score (nSPS) is 15.1. The van der Waals surface area contributed by atoms with Crippen molar-refractivity contribution in [1.82, 2.24) is 10.2 Å². The molecule has 0 radical (unpaired) electrons. The zero-order valence-corrected chi connectivity index (χ0v) is 17.7. The molecule has 2 aromatic rings. The average molecular weight is 592 g/mol. The van der Waals surface area contributed by atoms with Gasteiger partial charge in [0.05, 0.1) is 12.8 Å². The zero-order valence-electron chi connectivity index (χ0n) is 17.7. The van der Waals surface area contributed by atoms with Crippen molar-refractivity contribution in [3.63, 3.8) is 0 Å². The van der Waals surface area contributed by atoms with E-state index in [0.29, 0.717) is 0 Å². The number of nitrogens with one attached hydrogen (secondary N) is 1. The van der Waals surface area contributed by atoms with Crippen LogP contribution in [0.1, 0.15) is 5.69 Å². The molecule has 2 rings (SSSR count). The number of hydrogen-bond acceptors (Lipinski definition) is 2. The minimum absolute atomic E-state index is 0.150. The Balaban J connectivity index is 2.58. The number of methoxy groups -OCH3 is 1. The maximum absolute atomic E-state index is 14.3. The summed E-state index contributed by atoms with van der Waals surface area (Å²) in [6, 6.07) is 4.17. The number of alkyl halides is 17. The summed E-state index contributed by atoms with van der Waals surface area (Å²) < 4.78 is 232. The Hall–Kier alpha value is -2.96. The first kappa shape index (κ1) is 31.3. The fourth-order valence-corrected chi connectivity index (χ4v) is 2.73. The minimum atomic E-state index is -8.68. The van der Waals surface area contributed by atoms with E-state index in [1.54, 1.807) is 0 Å². The van der Waals surface area contributed by atoms with E-state index in [-0.39, 0.29) is 17.4 Å². The molecule has 20 heteroatoms. The average Bonchev–Trinajstić information content (AvgIpc) is 3.28. The summed E-state index contributed by atoms with van der Waals surface area (Å²) in [7, 11) is 1.18. The van der Waals surface area contributed by atoms with Gasteiger partial charge in [-0.2, -0.15) is 79.7 Å². The topological polar surface area (TPSA) is 37.9 Å². The lowest BCUT2D eigenvalue weighted by Gasteiger charge is -2.42. The van der Waals surface area contributed by atoms with Crippen LogP contribution >= 0.6 is 0 Å². The first-order valence-electron chi connectivity index (χ1n) is 9.17. The van der Waals surface area contributed by atoms with Crippen molar-refractivity contribution in [3.05, 3.63) is 36.0 Å². The van der Waals surface area contributed by atoms with Crippen LogP contribution in [-0.2, 0) is 5.92 Å². The zero-order chi connectivity index (χ0) is 30.0. The standard InChI is InChI=1S/C18H9F17N2O/c1-38-8-4-2-7(3-5-8)9-6-10(37-36-9)11(19,20)12(21,22)13(23,24)14(25,26)15(27,28)16(29,30)17(31,32)18(33,34)35/h2-6H,1H3,(H,36,37). The second-order valence-corrected chi connectivity index (χ2v) is 7.41. The van der Waals surface area contributed by atoms with Gasteiger partial charge in [0, 0.05) is 5.56 Å². The Bertz CT molecular complexity index is 1130. The van der Waals surface area contributed by atoms with Crippen LogP contribution in [0.15, 0.2) is 30.3 Å². The lowest BCUT2D eigenvalue weighted by atomic mass is 9.88. The molecule has 1 aromatic carbocycles. The van der Waals surface area contributed by atoms with Gasteiger partial charge in [-0.3, -0.25) is 5.10 Å². The molecule has 3 nitrogen and oxygen atoms in total. The maximum atomic E-state index is 14.3. The summed E-state index contributed by atoms with van der Waals surface area (Å²) in [5, 5.41) is 4.03. The minimum Gasteiger partial charge on any atom is -0.497 e. The van der Waals surface area contributed by atoms with Gasteiger partial charge in [0.2, 0.25) is 0 Å². The summed E-state index contributed by atoms with van der Waals surface area (Å²) in [5.41, 5.74) is -3.49. The van der Waals surface area contributed by atoms with Crippen LogP contribution in [0.3, 0.4) is 0 Å². The fraction of sp³-hybridized carbons (Fsp3) is 0.500. The number of halogens is 17. The third-order valence-corrected chi connectivity index (χ3v) is 5.02. The van der Waals surface area contributed by atoms with E-state index in [2.05, 4.69) is 5.10 Å². The van der Waals surface area contributed by atoms with E-state index >= 15 is 0 Å². The molecule has 0 saturated carbocycles. The molecule has 1 heterocycles. The molecule has 0 saturated heterocycles. The molecule has 0 aliphatic rings. The van der Waals surface area contributed by atoms with Crippen molar-refractivity contribution in [1.29, 1.82) is 0 Å². The van der Waals surface area contributed by atoms with Gasteiger partial charge in [0.15, 0.2) is 0 Å². The van der Waals surface area contributed by atoms with Gasteiger partial charge in [0.25, 0.3) is 0 Å². The fourth-order valence-electron chi connectivity index (χ4n) is 2.73. The Labute approximate surface area is 198 Å². The highest BCUT2D eigenvalue weighted by molar-refractivity contribution is 5.60. The summed E-state index contributed by atoms with van der Waals surface area (Å²) in [4.78, 5) is 0. The predicted octanol–water partition coefficient (Wildman–Crippen LogP) is 7.55. The van der Waals surface area contributed by atoms with Gasteiger partial charge in [0.1, 0.15) is 11.4 Å². The van der Waals surface area contributed by atoms with Gasteiger partial charge in [-0.25, -0.2) is 0 Å². The van der Waals surface area contributed by atoms with Crippen molar-refractivity contribution in [2.24, 2.45) is 0 Å². The van der Waals surface area contributed by atoms with E-state index in [4.69, 9.17) is 4.74 Å². The van der Waals surface area contributed by atoms with E-state index in [1.165, 1.54) is 7.11 Å². The lowest BCUT2D eigenvalue weighted by Crippen LogP contribution is -2.74. The number of H-pyrrole nitrogens is 1. The van der Waals surface area contributed by atoms with Crippen molar-refractivity contribution < 1.29 is 79.4 Å². The molecule has 0 fully saturated rings. The highest BCUT2D eigenvalue weighted by Crippen LogP contribution is 2.65. The smallest absolute Gasteiger partial charge is 0.460 e. The number of hydrogen-bond donors (Lipinski definition) is 1. The summed E-state index contributed by atoms with van der Waals surface area (Å²) >= 11 is 0. The molecular formula is C18H9F17N2O. The predicted molar refractivity (Wildman–Crippen MR) is 90.2 cm³/mol. The third-order valence-electron chi connectivity index (χ3n) is 5.02. The molecule has 38 heavy (non-hydrogen) atoms. The molecule has 0 amide bonds. The monoisotopic (exact) mass is 592 g/mol. The quantitative estimate of drug-likeness (QED) is 0.306. The summed E-state index contributed by atoms with van der Waals surface area (Å²) in [6.07, 6.45) is -7.80. The molecule has 0 spiro atoms. The molecule has 1 N–H and O–H groups in total. The molecule has 0 aliphatic carbocycles. The van der Waals surface area contributed by atoms with Crippen molar-refractivity contribution in [2.45, 2.75) is 47.6 Å². The lowest BCUT2D eigenvalue weighted by molar-refractivity contribution is -0.462. The van der Waals surface area contributed by atoms with Gasteiger partial charge >= 0.3 is 47.6 Å². The molecule has 216 valence electrons. The number of benzene rings is 1. The van der Waals surface area contributed by atoms with E-state index < -0.39 is 59.0 Å². The van der Waals surface area contributed by atoms with Crippen LogP contribution in [-0.4, -0.2) is 59.0 Å². The summed E-state index contributed by atoms with van der Waals surface area (Å²) in [5.74, 6) is -56.8. The van der Waals surface area contributed by atoms with Crippen LogP contribution in [0.4, 0.5) is 74.6 Å². The van der Waals surface area contributed by atoms with Gasteiger partial charge in [-0.1, -0.05) is 0 Å². The van der Waals surface area contributed by atoms with Crippen LogP contribution in [0.25, 0.3) is 11.3 Å². The Morgan fingerprint density at radius 1 is 0.579 bits per heavy atom. The Morgan fingerprint density at radius 2 is 0.974 bits per heavy atom. The highest BCUT2D eigenvalue weighted by atomic mass is 19.4. The van der Waals surface area contributed by atoms with E-state index in [1.807, 2.05) is 0 Å². The first-order chi connectivity index (χ1) is 16.8. The second kappa shape index (κ2) is 8.78. The van der Waals surface area contributed by atoms with Crippen LogP contribution in [0.2, 0.25) is 0 Å². The van der Waals surface area contributed by atoms with Crippen LogP contribution in [0, 0.1) is 0 Å². The Kier molecular flexibility index (Phi) is 7.23. The number of nitrogens with zero attached hydrogens (tertiary/aromatic N) is 1. The molecular weight excluding hydrogens is 583 g/mol. The van der Waals surface area contributed by atoms with Crippen LogP contribution in [0.5, 0.6) is 5.75 Å². The second-order valence-electron chi connectivity index (χ2n) is 7.41. The molecule has 0 atom stereocenters. The number of ether oxygens (including phenoxy) is 1. The van der Waals surface area contributed by atoms with Gasteiger partial charge in [-0.15, -0.1) is 0 Å². The highest BCUT2D eigenvalue weighted by Gasteiger charge is 2.95. The van der Waals surface area contributed by atoms with Gasteiger partial charge in [-0.05, 0) is 30.3 Å². The molecule has 1 aromatic heterocycles. The molecule has 0 unspecified atom stereocenters. The Morgan fingerprint density at radius 3 is 1.37 bits per heavy atom. The van der Waals surface area contributed by atoms with Crippen molar-refractivity contribution in [2.75, 3.05) is 7.11 Å². The van der Waals surface area contributed by atoms with Crippen LogP contribution < -0.4 is 4.74 Å². The van der Waals surface area contributed by atoms with Gasteiger partial charge < -0.3 is 4.74 Å².